The summed E-state index contributed by atoms with van der Waals surface area (Å²) in [5, 5.41) is 10.7. The third kappa shape index (κ3) is 2.85. The number of non-ortho nitro benzene ring substituents is 1. The summed E-state index contributed by atoms with van der Waals surface area (Å²) in [4.78, 5) is 10.1. The van der Waals surface area contributed by atoms with E-state index in [2.05, 4.69) is 5.43 Å². The Morgan fingerprint density at radius 3 is 2.38 bits per heavy atom. The summed E-state index contributed by atoms with van der Waals surface area (Å²) in [5.74, 6) is 5.86. The Morgan fingerprint density at radius 1 is 1.33 bits per heavy atom. The smallest absolute Gasteiger partial charge is 0.271 e. The van der Waals surface area contributed by atoms with Crippen LogP contribution in [0.25, 0.3) is 0 Å². The molecular weight excluding hydrogens is 296 g/mol. The molecule has 2 rings (SSSR count). The number of nitrogens with two attached hydrogens (primary N) is 1. The molecule has 3 N–H and O–H groups in total. The minimum absolute atomic E-state index is 0.0245. The lowest BCUT2D eigenvalue weighted by molar-refractivity contribution is -0.384. The van der Waals surface area contributed by atoms with Crippen molar-refractivity contribution in [1.82, 2.24) is 4.31 Å². The molecule has 116 valence electrons. The van der Waals surface area contributed by atoms with Crippen LogP contribution in [0.1, 0.15) is 13.8 Å². The molecule has 1 aliphatic heterocycles. The Morgan fingerprint density at radius 2 is 1.90 bits per heavy atom. The van der Waals surface area contributed by atoms with Gasteiger partial charge >= 0.3 is 0 Å². The topological polar surface area (TPSA) is 119 Å². The normalized spacial score (nSPS) is 23.2. The minimum Gasteiger partial charge on any atom is -0.323 e. The molecule has 0 bridgehead atoms. The Balaban J connectivity index is 2.43. The lowest BCUT2D eigenvalue weighted by Gasteiger charge is -2.18. The summed E-state index contributed by atoms with van der Waals surface area (Å²) in [7, 11) is -3.72. The molecule has 1 heterocycles. The molecule has 2 atom stereocenters. The van der Waals surface area contributed by atoms with Gasteiger partial charge in [0.05, 0.1) is 10.6 Å². The predicted octanol–water partition coefficient (Wildman–Crippen LogP) is 1.16. The summed E-state index contributed by atoms with van der Waals surface area (Å²) in [6.45, 7) is 4.87. The van der Waals surface area contributed by atoms with E-state index in [9.17, 15) is 18.5 Å². The lowest BCUT2D eigenvalue weighted by atomic mass is 10.0. The average Bonchev–Trinajstić information content (AvgIpc) is 2.78. The molecule has 1 fully saturated rings. The maximum absolute atomic E-state index is 12.6. The maximum atomic E-state index is 12.6. The summed E-state index contributed by atoms with van der Waals surface area (Å²) in [6, 6.07) is 3.50. The Labute approximate surface area is 123 Å². The Bertz CT molecular complexity index is 651. The van der Waals surface area contributed by atoms with Crippen LogP contribution in [0.2, 0.25) is 0 Å². The monoisotopic (exact) mass is 314 g/mol. The highest BCUT2D eigenvalue weighted by atomic mass is 32.2. The number of sulfonamides is 1. The van der Waals surface area contributed by atoms with E-state index in [0.717, 1.165) is 12.1 Å². The quantitative estimate of drug-likeness (QED) is 0.489. The van der Waals surface area contributed by atoms with E-state index in [1.165, 1.54) is 10.4 Å². The zero-order valence-electron chi connectivity index (χ0n) is 11.8. The molecule has 1 aromatic carbocycles. The van der Waals surface area contributed by atoms with Crippen LogP contribution >= 0.6 is 0 Å². The fourth-order valence-electron chi connectivity index (χ4n) is 2.38. The zero-order valence-corrected chi connectivity index (χ0v) is 12.6. The van der Waals surface area contributed by atoms with Crippen molar-refractivity contribution in [2.45, 2.75) is 18.7 Å². The summed E-state index contributed by atoms with van der Waals surface area (Å²) in [5.41, 5.74) is 2.04. The molecule has 1 saturated heterocycles. The number of nitrogen functional groups attached to an aromatic ring is 1. The number of benzene rings is 1. The number of nitro benzene ring substituents is 1. The van der Waals surface area contributed by atoms with Crippen LogP contribution in [0, 0.1) is 22.0 Å². The number of rotatable bonds is 4. The number of nitrogens with zero attached hydrogens (tertiary/aromatic N) is 2. The van der Waals surface area contributed by atoms with Crippen LogP contribution in [-0.2, 0) is 10.0 Å². The number of hydrogen-bond donors (Lipinski definition) is 2. The highest BCUT2D eigenvalue weighted by Crippen LogP contribution is 2.32. The molecule has 0 saturated carbocycles. The zero-order chi connectivity index (χ0) is 15.8. The highest BCUT2D eigenvalue weighted by Gasteiger charge is 2.36. The van der Waals surface area contributed by atoms with Gasteiger partial charge in [-0.2, -0.15) is 4.31 Å². The van der Waals surface area contributed by atoms with Gasteiger partial charge in [0.2, 0.25) is 10.0 Å². The van der Waals surface area contributed by atoms with Crippen LogP contribution < -0.4 is 11.3 Å². The van der Waals surface area contributed by atoms with Crippen LogP contribution in [0.15, 0.2) is 23.1 Å². The van der Waals surface area contributed by atoms with Crippen LogP contribution in [0.5, 0.6) is 0 Å². The molecule has 0 amide bonds. The largest absolute Gasteiger partial charge is 0.323 e. The summed E-state index contributed by atoms with van der Waals surface area (Å²) >= 11 is 0. The van der Waals surface area contributed by atoms with Crippen molar-refractivity contribution in [2.24, 2.45) is 17.7 Å². The van der Waals surface area contributed by atoms with Gasteiger partial charge in [0.25, 0.3) is 5.69 Å². The molecule has 1 aliphatic rings. The van der Waals surface area contributed by atoms with Crippen LogP contribution in [-0.4, -0.2) is 30.7 Å². The number of hydrazine groups is 1. The van der Waals surface area contributed by atoms with Gasteiger partial charge in [-0.15, -0.1) is 0 Å². The van der Waals surface area contributed by atoms with Crippen molar-refractivity contribution < 1.29 is 13.3 Å². The molecule has 0 spiro atoms. The second-order valence-corrected chi connectivity index (χ2v) is 7.26. The van der Waals surface area contributed by atoms with Crippen LogP contribution in [0.4, 0.5) is 11.4 Å². The molecule has 0 aliphatic carbocycles. The Kier molecular flexibility index (Phi) is 4.17. The van der Waals surface area contributed by atoms with Crippen molar-refractivity contribution in [3.05, 3.63) is 28.3 Å². The van der Waals surface area contributed by atoms with Gasteiger partial charge in [0.1, 0.15) is 4.90 Å². The van der Waals surface area contributed by atoms with Crippen molar-refractivity contribution in [1.29, 1.82) is 0 Å². The first-order valence-corrected chi connectivity index (χ1v) is 7.96. The first-order chi connectivity index (χ1) is 9.77. The average molecular weight is 314 g/mol. The summed E-state index contributed by atoms with van der Waals surface area (Å²) in [6.07, 6.45) is 0. The second-order valence-electron chi connectivity index (χ2n) is 5.36. The van der Waals surface area contributed by atoms with Crippen molar-refractivity contribution in [3.63, 3.8) is 0 Å². The van der Waals surface area contributed by atoms with Gasteiger partial charge in [-0.25, -0.2) is 8.42 Å². The molecule has 0 aromatic heterocycles. The van der Waals surface area contributed by atoms with Gasteiger partial charge in [0.15, 0.2) is 0 Å². The van der Waals surface area contributed by atoms with E-state index in [0.29, 0.717) is 13.1 Å². The lowest BCUT2D eigenvalue weighted by Crippen LogP contribution is -2.30. The van der Waals surface area contributed by atoms with E-state index < -0.39 is 14.9 Å². The second kappa shape index (κ2) is 5.58. The van der Waals surface area contributed by atoms with Crippen molar-refractivity contribution in [2.75, 3.05) is 18.5 Å². The molecule has 2 unspecified atom stereocenters. The van der Waals surface area contributed by atoms with E-state index in [-0.39, 0.29) is 28.1 Å². The first-order valence-electron chi connectivity index (χ1n) is 6.52. The van der Waals surface area contributed by atoms with Crippen molar-refractivity contribution in [3.8, 4) is 0 Å². The van der Waals surface area contributed by atoms with Gasteiger partial charge < -0.3 is 5.43 Å². The minimum atomic E-state index is -3.72. The fourth-order valence-corrected chi connectivity index (χ4v) is 4.16. The standard InChI is InChI=1S/C12H18N4O4S/c1-8-6-15(7-9(8)2)21(19,20)12-4-3-10(16(17)18)5-11(12)14-13/h3-5,8-9,14H,6-7,13H2,1-2H3. The van der Waals surface area contributed by atoms with Crippen molar-refractivity contribution >= 4 is 21.4 Å². The summed E-state index contributed by atoms with van der Waals surface area (Å²) < 4.78 is 26.7. The number of nitro groups is 1. The van der Waals surface area contributed by atoms with E-state index >= 15 is 0 Å². The Hall–Kier alpha value is -1.71. The van der Waals surface area contributed by atoms with Gasteiger partial charge in [-0.1, -0.05) is 13.8 Å². The molecule has 21 heavy (non-hydrogen) atoms. The third-order valence-electron chi connectivity index (χ3n) is 3.90. The van der Waals surface area contributed by atoms with Gasteiger partial charge in [0, 0.05) is 25.2 Å². The van der Waals surface area contributed by atoms with E-state index in [1.807, 2.05) is 13.8 Å². The van der Waals surface area contributed by atoms with Gasteiger partial charge in [-0.05, 0) is 17.9 Å². The van der Waals surface area contributed by atoms with E-state index in [1.54, 1.807) is 0 Å². The molecular formula is C12H18N4O4S. The molecule has 8 nitrogen and oxygen atoms in total. The number of nitrogens with one attached hydrogen (secondary N) is 1. The fraction of sp³-hybridized carbons (Fsp3) is 0.500. The maximum Gasteiger partial charge on any atom is 0.271 e. The SMILES string of the molecule is CC1CN(S(=O)(=O)c2ccc([N+](=O)[O-])cc2NN)CC1C. The van der Waals surface area contributed by atoms with Gasteiger partial charge in [-0.3, -0.25) is 16.0 Å². The molecule has 0 radical (unpaired) electrons. The van der Waals surface area contributed by atoms with E-state index in [4.69, 9.17) is 5.84 Å². The first kappa shape index (κ1) is 15.7. The van der Waals surface area contributed by atoms with Crippen LogP contribution in [0.3, 0.4) is 0 Å². The predicted molar refractivity (Wildman–Crippen MR) is 78.0 cm³/mol. The number of anilines is 1. The highest BCUT2D eigenvalue weighted by molar-refractivity contribution is 7.89. The molecule has 9 heteroatoms. The molecule has 1 aromatic rings. The third-order valence-corrected chi connectivity index (χ3v) is 5.79. The number of hydrogen-bond acceptors (Lipinski definition) is 6.